The summed E-state index contributed by atoms with van der Waals surface area (Å²) in [6.45, 7) is 8.26. The fraction of sp³-hybridized carbons (Fsp3) is 0.500. The van der Waals surface area contributed by atoms with Gasteiger partial charge in [-0.1, -0.05) is 5.16 Å². The molecule has 2 aromatic heterocycles. The summed E-state index contributed by atoms with van der Waals surface area (Å²) in [7, 11) is 0. The zero-order valence-electron chi connectivity index (χ0n) is 15.2. The minimum absolute atomic E-state index is 0.134. The molecule has 3 heterocycles. The van der Waals surface area contributed by atoms with Crippen molar-refractivity contribution in [2.24, 2.45) is 0 Å². The van der Waals surface area contributed by atoms with Crippen molar-refractivity contribution in [3.05, 3.63) is 30.2 Å². The third kappa shape index (κ3) is 3.96. The molecule has 2 amide bonds. The molecule has 8 nitrogen and oxygen atoms in total. The van der Waals surface area contributed by atoms with E-state index in [2.05, 4.69) is 10.1 Å². The molecule has 0 spiro atoms. The predicted octanol–water partition coefficient (Wildman–Crippen LogP) is 1.56. The Kier molecular flexibility index (Phi) is 5.72. The second-order valence-electron chi connectivity index (χ2n) is 6.19. The molecule has 3 rings (SSSR count). The average molecular weight is 360 g/mol. The van der Waals surface area contributed by atoms with Crippen LogP contribution in [-0.2, 0) is 4.79 Å². The highest BCUT2D eigenvalue weighted by atomic mass is 16.5. The lowest BCUT2D eigenvalue weighted by molar-refractivity contribution is -0.132. The molecule has 8 heteroatoms. The lowest BCUT2D eigenvalue weighted by Gasteiger charge is -2.34. The predicted molar refractivity (Wildman–Crippen MR) is 94.5 cm³/mol. The Hall–Kier alpha value is -2.61. The van der Waals surface area contributed by atoms with Crippen LogP contribution >= 0.6 is 0 Å². The van der Waals surface area contributed by atoms with Gasteiger partial charge in [0.15, 0.2) is 11.5 Å². The summed E-state index contributed by atoms with van der Waals surface area (Å²) in [5, 5.41) is 3.86. The number of amides is 2. The number of rotatable bonds is 6. The maximum absolute atomic E-state index is 12.6. The van der Waals surface area contributed by atoms with Crippen LogP contribution in [0, 0.1) is 0 Å². The molecule has 2 aromatic rings. The van der Waals surface area contributed by atoms with Gasteiger partial charge >= 0.3 is 0 Å². The third-order valence-electron chi connectivity index (χ3n) is 4.63. The van der Waals surface area contributed by atoms with E-state index in [1.54, 1.807) is 23.1 Å². The topological polar surface area (TPSA) is 83.0 Å². The summed E-state index contributed by atoms with van der Waals surface area (Å²) in [5.41, 5.74) is 0.268. The number of carbonyl (C=O) groups excluding carboxylic acids is 2. The molecule has 1 aliphatic heterocycles. The molecule has 0 radical (unpaired) electrons. The van der Waals surface area contributed by atoms with Crippen molar-refractivity contribution >= 4 is 11.8 Å². The number of furan rings is 1. The minimum atomic E-state index is -0.165. The third-order valence-corrected chi connectivity index (χ3v) is 4.63. The van der Waals surface area contributed by atoms with E-state index in [1.165, 1.54) is 6.26 Å². The van der Waals surface area contributed by atoms with Crippen molar-refractivity contribution in [2.45, 2.75) is 13.8 Å². The van der Waals surface area contributed by atoms with E-state index in [-0.39, 0.29) is 17.5 Å². The van der Waals surface area contributed by atoms with E-state index in [9.17, 15) is 9.59 Å². The van der Waals surface area contributed by atoms with E-state index in [0.29, 0.717) is 44.2 Å². The first-order chi connectivity index (χ1) is 12.6. The Morgan fingerprint density at radius 2 is 1.88 bits per heavy atom. The first-order valence-corrected chi connectivity index (χ1v) is 8.92. The van der Waals surface area contributed by atoms with Gasteiger partial charge in [0.05, 0.1) is 12.8 Å². The van der Waals surface area contributed by atoms with E-state index in [0.717, 1.165) is 13.1 Å². The molecule has 0 unspecified atom stereocenters. The van der Waals surface area contributed by atoms with E-state index in [4.69, 9.17) is 8.94 Å². The molecule has 1 saturated heterocycles. The number of carbonyl (C=O) groups is 2. The van der Waals surface area contributed by atoms with Crippen LogP contribution in [0.2, 0.25) is 0 Å². The molecule has 1 aliphatic rings. The number of hydrogen-bond donors (Lipinski definition) is 0. The van der Waals surface area contributed by atoms with E-state index < -0.39 is 0 Å². The summed E-state index contributed by atoms with van der Waals surface area (Å²) in [4.78, 5) is 30.4. The molecule has 140 valence electrons. The molecular formula is C18H24N4O4. The Labute approximate surface area is 152 Å². The van der Waals surface area contributed by atoms with Crippen LogP contribution in [0.15, 0.2) is 33.4 Å². The summed E-state index contributed by atoms with van der Waals surface area (Å²) in [6, 6.07) is 5.09. The van der Waals surface area contributed by atoms with Crippen LogP contribution in [0.3, 0.4) is 0 Å². The monoisotopic (exact) mass is 360 g/mol. The molecule has 1 fully saturated rings. The second-order valence-corrected chi connectivity index (χ2v) is 6.19. The van der Waals surface area contributed by atoms with Crippen LogP contribution < -0.4 is 0 Å². The maximum atomic E-state index is 12.6. The zero-order chi connectivity index (χ0) is 18.5. The van der Waals surface area contributed by atoms with Crippen molar-refractivity contribution in [2.75, 3.05) is 45.8 Å². The Morgan fingerprint density at radius 3 is 2.50 bits per heavy atom. The Morgan fingerprint density at radius 1 is 1.15 bits per heavy atom. The van der Waals surface area contributed by atoms with Crippen LogP contribution in [0.25, 0.3) is 11.5 Å². The SMILES string of the molecule is CCN(CC)C(=O)CN1CCN(C(=O)c2cc(-c3ccco3)on2)CC1. The van der Waals surface area contributed by atoms with Crippen LogP contribution in [0.4, 0.5) is 0 Å². The largest absolute Gasteiger partial charge is 0.461 e. The van der Waals surface area contributed by atoms with Gasteiger partial charge in [-0.25, -0.2) is 0 Å². The van der Waals surface area contributed by atoms with Crippen LogP contribution in [0.5, 0.6) is 0 Å². The number of aromatic nitrogens is 1. The smallest absolute Gasteiger partial charge is 0.276 e. The number of nitrogens with zero attached hydrogens (tertiary/aromatic N) is 4. The molecule has 0 atom stereocenters. The quantitative estimate of drug-likeness (QED) is 0.777. The van der Waals surface area contributed by atoms with Gasteiger partial charge in [0.2, 0.25) is 11.7 Å². The van der Waals surface area contributed by atoms with Crippen molar-refractivity contribution < 1.29 is 18.5 Å². The van der Waals surface area contributed by atoms with Crippen LogP contribution in [0.1, 0.15) is 24.3 Å². The highest BCUT2D eigenvalue weighted by Crippen LogP contribution is 2.21. The number of hydrogen-bond acceptors (Lipinski definition) is 6. The van der Waals surface area contributed by atoms with E-state index >= 15 is 0 Å². The van der Waals surface area contributed by atoms with Gasteiger partial charge in [-0.3, -0.25) is 14.5 Å². The first-order valence-electron chi connectivity index (χ1n) is 8.92. The van der Waals surface area contributed by atoms with Gasteiger partial charge in [0.1, 0.15) is 0 Å². The minimum Gasteiger partial charge on any atom is -0.461 e. The van der Waals surface area contributed by atoms with Crippen molar-refractivity contribution in [3.63, 3.8) is 0 Å². The summed E-state index contributed by atoms with van der Waals surface area (Å²) < 4.78 is 10.4. The lowest BCUT2D eigenvalue weighted by atomic mass is 10.2. The molecule has 26 heavy (non-hydrogen) atoms. The highest BCUT2D eigenvalue weighted by molar-refractivity contribution is 5.93. The van der Waals surface area contributed by atoms with E-state index in [1.807, 2.05) is 18.7 Å². The Bertz CT molecular complexity index is 728. The Balaban J connectivity index is 1.53. The molecule has 0 saturated carbocycles. The van der Waals surface area contributed by atoms with Gasteiger partial charge in [-0.15, -0.1) is 0 Å². The molecular weight excluding hydrogens is 336 g/mol. The van der Waals surface area contributed by atoms with Crippen molar-refractivity contribution in [3.8, 4) is 11.5 Å². The fourth-order valence-electron chi connectivity index (χ4n) is 3.05. The van der Waals surface area contributed by atoms with Gasteiger partial charge in [0.25, 0.3) is 5.91 Å². The number of piperazine rings is 1. The average Bonchev–Trinajstić information content (AvgIpc) is 3.34. The molecule has 0 aliphatic carbocycles. The van der Waals surface area contributed by atoms with Gasteiger partial charge < -0.3 is 18.7 Å². The van der Waals surface area contributed by atoms with Crippen molar-refractivity contribution in [1.29, 1.82) is 0 Å². The highest BCUT2D eigenvalue weighted by Gasteiger charge is 2.26. The molecule has 0 bridgehead atoms. The van der Waals surface area contributed by atoms with Gasteiger partial charge in [-0.2, -0.15) is 0 Å². The molecule has 0 N–H and O–H groups in total. The summed E-state index contributed by atoms with van der Waals surface area (Å²) >= 11 is 0. The lowest BCUT2D eigenvalue weighted by Crippen LogP contribution is -2.51. The van der Waals surface area contributed by atoms with Gasteiger partial charge in [-0.05, 0) is 26.0 Å². The fourth-order valence-corrected chi connectivity index (χ4v) is 3.05. The molecule has 0 aromatic carbocycles. The second kappa shape index (κ2) is 8.18. The summed E-state index contributed by atoms with van der Waals surface area (Å²) in [5.74, 6) is 0.939. The normalized spacial score (nSPS) is 15.2. The van der Waals surface area contributed by atoms with Crippen molar-refractivity contribution in [1.82, 2.24) is 19.9 Å². The van der Waals surface area contributed by atoms with Gasteiger partial charge in [0, 0.05) is 45.3 Å². The standard InChI is InChI=1S/C18H24N4O4/c1-3-21(4-2)17(23)13-20-7-9-22(10-8-20)18(24)14-12-16(26-19-14)15-6-5-11-25-15/h5-6,11-12H,3-4,7-10,13H2,1-2H3. The van der Waals surface area contributed by atoms with Crippen LogP contribution in [-0.4, -0.2) is 77.5 Å². The first kappa shape index (κ1) is 18.2. The number of likely N-dealkylation sites (N-methyl/N-ethyl adjacent to an activating group) is 1. The maximum Gasteiger partial charge on any atom is 0.276 e. The summed E-state index contributed by atoms with van der Waals surface area (Å²) in [6.07, 6.45) is 1.54. The zero-order valence-corrected chi connectivity index (χ0v) is 15.2.